The van der Waals surface area contributed by atoms with Crippen molar-refractivity contribution in [1.29, 1.82) is 0 Å². The van der Waals surface area contributed by atoms with Gasteiger partial charge in [-0.15, -0.1) is 0 Å². The first-order valence-corrected chi connectivity index (χ1v) is 10.1. The van der Waals surface area contributed by atoms with Gasteiger partial charge in [-0.3, -0.25) is 0 Å². The Morgan fingerprint density at radius 2 is 1.79 bits per heavy atom. The van der Waals surface area contributed by atoms with Crippen LogP contribution < -0.4 is 14.2 Å². The van der Waals surface area contributed by atoms with Crippen LogP contribution in [0, 0.1) is 0 Å². The lowest BCUT2D eigenvalue weighted by Gasteiger charge is -2.49. The molecule has 1 atom stereocenters. The van der Waals surface area contributed by atoms with Gasteiger partial charge in [-0.1, -0.05) is 24.6 Å². The molecular formula is C23H26N2O3. The molecular weight excluding hydrogens is 352 g/mol. The highest BCUT2D eigenvalue weighted by Crippen LogP contribution is 2.51. The van der Waals surface area contributed by atoms with Crippen LogP contribution in [0.15, 0.2) is 47.6 Å². The Morgan fingerprint density at radius 1 is 1.00 bits per heavy atom. The van der Waals surface area contributed by atoms with Gasteiger partial charge < -0.3 is 14.2 Å². The predicted molar refractivity (Wildman–Crippen MR) is 108 cm³/mol. The normalized spacial score (nSPS) is 22.1. The van der Waals surface area contributed by atoms with E-state index in [1.54, 1.807) is 14.2 Å². The van der Waals surface area contributed by atoms with E-state index in [0.717, 1.165) is 47.8 Å². The van der Waals surface area contributed by atoms with Gasteiger partial charge in [-0.2, -0.15) is 5.10 Å². The number of ether oxygens (including phenoxy) is 3. The Bertz CT molecular complexity index is 918. The van der Waals surface area contributed by atoms with Gasteiger partial charge in [-0.25, -0.2) is 5.01 Å². The van der Waals surface area contributed by atoms with Crippen LogP contribution in [-0.4, -0.2) is 30.7 Å². The quantitative estimate of drug-likeness (QED) is 0.761. The smallest absolute Gasteiger partial charge is 0.198 e. The van der Waals surface area contributed by atoms with Crippen LogP contribution in [0.2, 0.25) is 0 Å². The Hall–Kier alpha value is -2.69. The van der Waals surface area contributed by atoms with Gasteiger partial charge in [0, 0.05) is 30.4 Å². The van der Waals surface area contributed by atoms with Crippen molar-refractivity contribution in [3.63, 3.8) is 0 Å². The van der Waals surface area contributed by atoms with Crippen LogP contribution in [0.5, 0.6) is 17.2 Å². The Kier molecular flexibility index (Phi) is 4.18. The average Bonchev–Trinajstić information content (AvgIpc) is 3.21. The lowest BCUT2D eigenvalue weighted by Crippen LogP contribution is -2.54. The number of fused-ring (bicyclic) bond motifs is 4. The SMILES string of the molecule is COc1ccc(C2=NN3[C@@H](C2)c2ccccc2OC32CCCCC2)cc1OC. The molecule has 2 aromatic carbocycles. The molecule has 2 aromatic rings. The molecule has 5 nitrogen and oxygen atoms in total. The molecule has 0 saturated heterocycles. The summed E-state index contributed by atoms with van der Waals surface area (Å²) in [6.07, 6.45) is 6.58. The molecule has 2 aliphatic heterocycles. The number of hydrazone groups is 1. The fourth-order valence-electron chi connectivity index (χ4n) is 4.85. The summed E-state index contributed by atoms with van der Waals surface area (Å²) in [6, 6.07) is 14.7. The van der Waals surface area contributed by atoms with E-state index in [4.69, 9.17) is 19.3 Å². The summed E-state index contributed by atoms with van der Waals surface area (Å²) < 4.78 is 17.5. The zero-order chi connectivity index (χ0) is 19.1. The highest BCUT2D eigenvalue weighted by atomic mass is 16.5. The van der Waals surface area contributed by atoms with Gasteiger partial charge in [0.15, 0.2) is 17.2 Å². The maximum Gasteiger partial charge on any atom is 0.198 e. The number of nitrogens with zero attached hydrogens (tertiary/aromatic N) is 2. The number of hydrogen-bond acceptors (Lipinski definition) is 5. The lowest BCUT2D eigenvalue weighted by molar-refractivity contribution is -0.140. The van der Waals surface area contributed by atoms with Gasteiger partial charge in [0.05, 0.1) is 26.0 Å². The molecule has 1 aliphatic carbocycles. The maximum atomic E-state index is 6.61. The van der Waals surface area contributed by atoms with Crippen LogP contribution in [-0.2, 0) is 0 Å². The number of benzene rings is 2. The minimum Gasteiger partial charge on any atom is -0.493 e. The van der Waals surface area contributed by atoms with Crippen molar-refractivity contribution in [2.24, 2.45) is 5.10 Å². The van der Waals surface area contributed by atoms with Crippen molar-refractivity contribution in [3.8, 4) is 17.2 Å². The highest BCUT2D eigenvalue weighted by Gasteiger charge is 2.50. The Morgan fingerprint density at radius 3 is 2.57 bits per heavy atom. The summed E-state index contributed by atoms with van der Waals surface area (Å²) in [5.41, 5.74) is 3.08. The van der Waals surface area contributed by atoms with Gasteiger partial charge in [0.25, 0.3) is 0 Å². The third-order valence-electron chi connectivity index (χ3n) is 6.26. The molecule has 0 N–H and O–H groups in total. The van der Waals surface area contributed by atoms with Crippen molar-refractivity contribution in [2.75, 3.05) is 14.2 Å². The first-order valence-electron chi connectivity index (χ1n) is 10.1. The average molecular weight is 378 g/mol. The van der Waals surface area contributed by atoms with Crippen molar-refractivity contribution in [3.05, 3.63) is 53.6 Å². The molecule has 0 amide bonds. The van der Waals surface area contributed by atoms with E-state index in [9.17, 15) is 0 Å². The molecule has 0 radical (unpaired) electrons. The number of methoxy groups -OCH3 is 2. The molecule has 1 fully saturated rings. The molecule has 5 rings (SSSR count). The summed E-state index contributed by atoms with van der Waals surface area (Å²) in [6.45, 7) is 0. The second kappa shape index (κ2) is 6.73. The molecule has 2 heterocycles. The molecule has 146 valence electrons. The number of hydrogen-bond donors (Lipinski definition) is 0. The van der Waals surface area contributed by atoms with Gasteiger partial charge in [0.2, 0.25) is 0 Å². The molecule has 28 heavy (non-hydrogen) atoms. The maximum absolute atomic E-state index is 6.61. The monoisotopic (exact) mass is 378 g/mol. The third kappa shape index (κ3) is 2.64. The van der Waals surface area contributed by atoms with Crippen molar-refractivity contribution >= 4 is 5.71 Å². The minimum atomic E-state index is -0.310. The summed E-state index contributed by atoms with van der Waals surface area (Å²) in [5.74, 6) is 2.49. The van der Waals surface area contributed by atoms with Gasteiger partial charge >= 0.3 is 0 Å². The topological polar surface area (TPSA) is 43.3 Å². The lowest BCUT2D eigenvalue weighted by atomic mass is 9.86. The fourth-order valence-corrected chi connectivity index (χ4v) is 4.85. The van der Waals surface area contributed by atoms with Crippen LogP contribution in [0.4, 0.5) is 0 Å². The summed E-state index contributed by atoms with van der Waals surface area (Å²) in [7, 11) is 3.33. The Labute approximate surface area is 165 Å². The zero-order valence-electron chi connectivity index (χ0n) is 16.5. The molecule has 0 aromatic heterocycles. The highest BCUT2D eigenvalue weighted by molar-refractivity contribution is 6.02. The van der Waals surface area contributed by atoms with Crippen LogP contribution in [0.25, 0.3) is 0 Å². The van der Waals surface area contributed by atoms with Crippen LogP contribution in [0.3, 0.4) is 0 Å². The fraction of sp³-hybridized carbons (Fsp3) is 0.435. The van der Waals surface area contributed by atoms with E-state index in [1.165, 1.54) is 24.8 Å². The predicted octanol–water partition coefficient (Wildman–Crippen LogP) is 4.91. The summed E-state index contributed by atoms with van der Waals surface area (Å²) in [5, 5.41) is 7.38. The largest absolute Gasteiger partial charge is 0.493 e. The van der Waals surface area contributed by atoms with E-state index >= 15 is 0 Å². The van der Waals surface area contributed by atoms with Crippen molar-refractivity contribution in [1.82, 2.24) is 5.01 Å². The zero-order valence-corrected chi connectivity index (χ0v) is 16.5. The van der Waals surface area contributed by atoms with Crippen LogP contribution in [0.1, 0.15) is 55.7 Å². The molecule has 1 spiro atoms. The van der Waals surface area contributed by atoms with E-state index in [-0.39, 0.29) is 11.8 Å². The van der Waals surface area contributed by atoms with E-state index in [0.29, 0.717) is 0 Å². The molecule has 1 saturated carbocycles. The third-order valence-corrected chi connectivity index (χ3v) is 6.26. The van der Waals surface area contributed by atoms with E-state index < -0.39 is 0 Å². The second-order valence-electron chi connectivity index (χ2n) is 7.83. The molecule has 0 unspecified atom stereocenters. The van der Waals surface area contributed by atoms with E-state index in [2.05, 4.69) is 35.3 Å². The summed E-state index contributed by atoms with van der Waals surface area (Å²) >= 11 is 0. The van der Waals surface area contributed by atoms with Gasteiger partial charge in [-0.05, 0) is 37.1 Å². The summed E-state index contributed by atoms with van der Waals surface area (Å²) in [4.78, 5) is 0. The minimum absolute atomic E-state index is 0.228. The Balaban J connectivity index is 1.56. The molecule has 0 bridgehead atoms. The van der Waals surface area contributed by atoms with E-state index in [1.807, 2.05) is 12.1 Å². The molecule has 3 aliphatic rings. The molecule has 5 heteroatoms. The first-order chi connectivity index (χ1) is 13.7. The number of rotatable bonds is 3. The van der Waals surface area contributed by atoms with Crippen LogP contribution >= 0.6 is 0 Å². The van der Waals surface area contributed by atoms with Crippen molar-refractivity contribution in [2.45, 2.75) is 50.3 Å². The second-order valence-corrected chi connectivity index (χ2v) is 7.83. The van der Waals surface area contributed by atoms with Gasteiger partial charge in [0.1, 0.15) is 5.75 Å². The number of para-hydroxylation sites is 1. The first kappa shape index (κ1) is 17.4. The van der Waals surface area contributed by atoms with Crippen molar-refractivity contribution < 1.29 is 14.2 Å². The standard InChI is InChI=1S/C23H26N2O3/c1-26-21-11-10-16(14-22(21)27-2)18-15-19-17-8-4-5-9-20(17)28-23(25(19)24-18)12-6-3-7-13-23/h4-5,8-11,14,19H,3,6-7,12-13,15H2,1-2H3/t19-/m0/s1.